The topological polar surface area (TPSA) is 67.2 Å². The first-order valence-corrected chi connectivity index (χ1v) is 6.40. The van der Waals surface area contributed by atoms with Crippen molar-refractivity contribution in [2.75, 3.05) is 13.2 Å². The Morgan fingerprint density at radius 3 is 2.72 bits per heavy atom. The zero-order valence-electron chi connectivity index (χ0n) is 11.2. The number of hydrogen-bond donors (Lipinski definition) is 2. The molecule has 2 N–H and O–H groups in total. The van der Waals surface area contributed by atoms with Gasteiger partial charge in [-0.3, -0.25) is 9.48 Å². The third-order valence-corrected chi connectivity index (χ3v) is 3.64. The molecule has 5 nitrogen and oxygen atoms in total. The molecular weight excluding hydrogens is 230 g/mol. The fraction of sp³-hybridized carbons (Fsp3) is 0.692. The molecule has 5 heteroatoms. The molecule has 1 aromatic rings. The van der Waals surface area contributed by atoms with E-state index in [4.69, 9.17) is 0 Å². The number of aliphatic hydroxyl groups is 1. The van der Waals surface area contributed by atoms with Crippen molar-refractivity contribution in [2.24, 2.45) is 12.5 Å². The lowest BCUT2D eigenvalue weighted by atomic mass is 10.1. The number of amides is 1. The van der Waals surface area contributed by atoms with Crippen LogP contribution in [0.4, 0.5) is 0 Å². The maximum Gasteiger partial charge on any atom is 0.269 e. The quantitative estimate of drug-likeness (QED) is 0.822. The highest BCUT2D eigenvalue weighted by atomic mass is 16.3. The van der Waals surface area contributed by atoms with Crippen molar-refractivity contribution in [2.45, 2.75) is 32.6 Å². The predicted molar refractivity (Wildman–Crippen MR) is 68.4 cm³/mol. The summed E-state index contributed by atoms with van der Waals surface area (Å²) >= 11 is 0. The van der Waals surface area contributed by atoms with E-state index >= 15 is 0 Å². The Hall–Kier alpha value is -1.36. The van der Waals surface area contributed by atoms with Gasteiger partial charge in [-0.2, -0.15) is 5.10 Å². The molecule has 0 radical (unpaired) electrons. The van der Waals surface area contributed by atoms with Crippen molar-refractivity contribution in [3.05, 3.63) is 17.5 Å². The van der Waals surface area contributed by atoms with E-state index in [9.17, 15) is 9.90 Å². The lowest BCUT2D eigenvalue weighted by Crippen LogP contribution is -2.32. The molecular formula is C13H21N3O2. The van der Waals surface area contributed by atoms with E-state index in [0.29, 0.717) is 18.2 Å². The molecule has 1 saturated carbocycles. The van der Waals surface area contributed by atoms with Crippen molar-refractivity contribution in [3.8, 4) is 0 Å². The molecule has 0 spiro atoms. The monoisotopic (exact) mass is 251 g/mol. The van der Waals surface area contributed by atoms with E-state index in [0.717, 1.165) is 18.5 Å². The Kier molecular flexibility index (Phi) is 3.43. The molecule has 1 fully saturated rings. The van der Waals surface area contributed by atoms with Crippen LogP contribution in [0.25, 0.3) is 0 Å². The maximum atomic E-state index is 12.0. The summed E-state index contributed by atoms with van der Waals surface area (Å²) < 4.78 is 1.61. The Labute approximate surface area is 107 Å². The molecule has 0 aliphatic heterocycles. The van der Waals surface area contributed by atoms with Gasteiger partial charge in [0.2, 0.25) is 0 Å². The van der Waals surface area contributed by atoms with Gasteiger partial charge >= 0.3 is 0 Å². The van der Waals surface area contributed by atoms with Gasteiger partial charge in [-0.15, -0.1) is 0 Å². The van der Waals surface area contributed by atoms with Crippen LogP contribution in [0, 0.1) is 5.41 Å². The van der Waals surface area contributed by atoms with E-state index in [1.807, 2.05) is 6.07 Å². The molecule has 1 amide bonds. The van der Waals surface area contributed by atoms with Gasteiger partial charge in [-0.1, -0.05) is 13.8 Å². The van der Waals surface area contributed by atoms with Crippen LogP contribution in [-0.2, 0) is 7.05 Å². The van der Waals surface area contributed by atoms with E-state index < -0.39 is 0 Å². The zero-order chi connectivity index (χ0) is 13.3. The fourth-order valence-corrected chi connectivity index (χ4v) is 1.91. The number of carbonyl (C=O) groups is 1. The number of aromatic nitrogens is 2. The van der Waals surface area contributed by atoms with Gasteiger partial charge in [0.25, 0.3) is 5.91 Å². The summed E-state index contributed by atoms with van der Waals surface area (Å²) in [5.74, 6) is 0.196. The lowest BCUT2D eigenvalue weighted by Gasteiger charge is -2.12. The number of carbonyl (C=O) groups excluding carboxylic acids is 1. The summed E-state index contributed by atoms with van der Waals surface area (Å²) in [6.07, 6.45) is 1.98. The standard InChI is InChI=1S/C13H21N3O2/c1-9(2)10-6-11(16(3)15-10)12(18)14-7-13(8-17)4-5-13/h6,9,17H,4-5,7-8H2,1-3H3,(H,14,18). The summed E-state index contributed by atoms with van der Waals surface area (Å²) in [5, 5.41) is 16.4. The second-order valence-electron chi connectivity index (χ2n) is 5.57. The van der Waals surface area contributed by atoms with Crippen molar-refractivity contribution >= 4 is 5.91 Å². The number of aliphatic hydroxyl groups excluding tert-OH is 1. The second kappa shape index (κ2) is 4.72. The highest BCUT2D eigenvalue weighted by Gasteiger charge is 2.42. The van der Waals surface area contributed by atoms with Crippen LogP contribution in [0.2, 0.25) is 0 Å². The van der Waals surface area contributed by atoms with E-state index in [2.05, 4.69) is 24.3 Å². The lowest BCUT2D eigenvalue weighted by molar-refractivity contribution is 0.0926. The minimum absolute atomic E-state index is 0.0604. The smallest absolute Gasteiger partial charge is 0.269 e. The predicted octanol–water partition coefficient (Wildman–Crippen LogP) is 1.05. The summed E-state index contributed by atoms with van der Waals surface area (Å²) in [4.78, 5) is 12.0. The molecule has 1 aliphatic carbocycles. The maximum absolute atomic E-state index is 12.0. The molecule has 2 rings (SSSR count). The average molecular weight is 251 g/mol. The molecule has 0 bridgehead atoms. The Bertz CT molecular complexity index is 447. The van der Waals surface area contributed by atoms with Crippen molar-refractivity contribution in [3.63, 3.8) is 0 Å². The largest absolute Gasteiger partial charge is 0.396 e. The Balaban J connectivity index is 2.00. The molecule has 1 aromatic heterocycles. The highest BCUT2D eigenvalue weighted by molar-refractivity contribution is 5.92. The summed E-state index contributed by atoms with van der Waals surface area (Å²) in [6.45, 7) is 4.80. The van der Waals surface area contributed by atoms with E-state index in [1.54, 1.807) is 11.7 Å². The highest BCUT2D eigenvalue weighted by Crippen LogP contribution is 2.44. The van der Waals surface area contributed by atoms with Crippen molar-refractivity contribution < 1.29 is 9.90 Å². The molecule has 0 atom stereocenters. The SMILES string of the molecule is CC(C)c1cc(C(=O)NCC2(CO)CC2)n(C)n1. The second-order valence-corrected chi connectivity index (χ2v) is 5.57. The average Bonchev–Trinajstić information content (AvgIpc) is 3.02. The van der Waals surface area contributed by atoms with Gasteiger partial charge in [0.15, 0.2) is 0 Å². The van der Waals surface area contributed by atoms with Crippen LogP contribution >= 0.6 is 0 Å². The first-order valence-electron chi connectivity index (χ1n) is 6.40. The third kappa shape index (κ3) is 2.56. The molecule has 1 aliphatic rings. The Morgan fingerprint density at radius 2 is 2.28 bits per heavy atom. The van der Waals surface area contributed by atoms with Gasteiger partial charge < -0.3 is 10.4 Å². The molecule has 0 unspecified atom stereocenters. The van der Waals surface area contributed by atoms with Crippen LogP contribution in [0.1, 0.15) is 48.8 Å². The molecule has 18 heavy (non-hydrogen) atoms. The number of nitrogens with one attached hydrogen (secondary N) is 1. The van der Waals surface area contributed by atoms with E-state index in [-0.39, 0.29) is 17.9 Å². The zero-order valence-corrected chi connectivity index (χ0v) is 11.2. The summed E-state index contributed by atoms with van der Waals surface area (Å²) in [5.41, 5.74) is 1.44. The van der Waals surface area contributed by atoms with Crippen LogP contribution in [0.15, 0.2) is 6.07 Å². The van der Waals surface area contributed by atoms with Crippen LogP contribution in [0.5, 0.6) is 0 Å². The summed E-state index contributed by atoms with van der Waals surface area (Å²) in [6, 6.07) is 1.83. The molecule has 0 aromatic carbocycles. The minimum atomic E-state index is -0.114. The van der Waals surface area contributed by atoms with Crippen molar-refractivity contribution in [1.29, 1.82) is 0 Å². The molecule has 1 heterocycles. The van der Waals surface area contributed by atoms with Gasteiger partial charge in [-0.05, 0) is 24.8 Å². The fourth-order valence-electron chi connectivity index (χ4n) is 1.91. The third-order valence-electron chi connectivity index (χ3n) is 3.64. The minimum Gasteiger partial charge on any atom is -0.396 e. The van der Waals surface area contributed by atoms with Crippen molar-refractivity contribution in [1.82, 2.24) is 15.1 Å². The van der Waals surface area contributed by atoms with Gasteiger partial charge in [-0.25, -0.2) is 0 Å². The number of rotatable bonds is 5. The van der Waals surface area contributed by atoms with Crippen LogP contribution in [0.3, 0.4) is 0 Å². The number of hydrogen-bond acceptors (Lipinski definition) is 3. The normalized spacial score (nSPS) is 16.9. The molecule has 100 valence electrons. The van der Waals surface area contributed by atoms with Crippen LogP contribution < -0.4 is 5.32 Å². The molecule has 0 saturated heterocycles. The van der Waals surface area contributed by atoms with E-state index in [1.165, 1.54) is 0 Å². The Morgan fingerprint density at radius 1 is 1.61 bits per heavy atom. The number of nitrogens with zero attached hydrogens (tertiary/aromatic N) is 2. The van der Waals surface area contributed by atoms with Gasteiger partial charge in [0, 0.05) is 19.0 Å². The first-order chi connectivity index (χ1) is 8.47. The van der Waals surface area contributed by atoms with Crippen LogP contribution in [-0.4, -0.2) is 33.9 Å². The first kappa shape index (κ1) is 13.1. The van der Waals surface area contributed by atoms with Gasteiger partial charge in [0.05, 0.1) is 12.3 Å². The summed E-state index contributed by atoms with van der Waals surface area (Å²) in [7, 11) is 1.78. The number of aryl methyl sites for hydroxylation is 1. The van der Waals surface area contributed by atoms with Gasteiger partial charge in [0.1, 0.15) is 5.69 Å².